The maximum atomic E-state index is 14.0. The number of cyclic esters (lactones) is 1. The Labute approximate surface area is 223 Å². The van der Waals surface area contributed by atoms with E-state index in [1.165, 1.54) is 12.0 Å². The van der Waals surface area contributed by atoms with Gasteiger partial charge in [-0.1, -0.05) is 75.4 Å². The first-order valence-corrected chi connectivity index (χ1v) is 12.8. The van der Waals surface area contributed by atoms with E-state index in [2.05, 4.69) is 11.4 Å². The number of hydrogen-bond donors (Lipinski definition) is 1. The molecule has 8 heteroatoms. The fraction of sp³-hybridized carbons (Fsp3) is 0.433. The highest BCUT2D eigenvalue weighted by Gasteiger charge is 2.53. The molecule has 1 fully saturated rings. The molecule has 2 aliphatic heterocycles. The molecule has 3 atom stereocenters. The summed E-state index contributed by atoms with van der Waals surface area (Å²) in [6, 6.07) is 14.3. The van der Waals surface area contributed by atoms with Gasteiger partial charge in [0.25, 0.3) is 0 Å². The van der Waals surface area contributed by atoms with Gasteiger partial charge < -0.3 is 24.4 Å². The number of esters is 1. The van der Waals surface area contributed by atoms with Crippen molar-refractivity contribution in [2.75, 3.05) is 27.4 Å². The van der Waals surface area contributed by atoms with E-state index in [4.69, 9.17) is 14.2 Å². The van der Waals surface area contributed by atoms with E-state index in [1.807, 2.05) is 75.4 Å². The zero-order valence-corrected chi connectivity index (χ0v) is 22.7. The van der Waals surface area contributed by atoms with E-state index < -0.39 is 41.1 Å². The normalized spacial score (nSPS) is 25.0. The van der Waals surface area contributed by atoms with E-state index in [-0.39, 0.29) is 19.6 Å². The minimum atomic E-state index is -0.949. The van der Waals surface area contributed by atoms with Crippen molar-refractivity contribution >= 4 is 24.0 Å². The molecule has 2 aromatic carbocycles. The average Bonchev–Trinajstić information content (AvgIpc) is 3.31. The third-order valence-corrected chi connectivity index (χ3v) is 7.32. The van der Waals surface area contributed by atoms with Crippen LogP contribution >= 0.6 is 0 Å². The fourth-order valence-electron chi connectivity index (χ4n) is 5.19. The van der Waals surface area contributed by atoms with E-state index in [1.54, 1.807) is 7.11 Å². The Morgan fingerprint density at radius 3 is 2.50 bits per heavy atom. The van der Waals surface area contributed by atoms with Crippen LogP contribution in [0.3, 0.4) is 0 Å². The van der Waals surface area contributed by atoms with Gasteiger partial charge in [-0.3, -0.25) is 4.79 Å². The van der Waals surface area contributed by atoms with Crippen molar-refractivity contribution < 1.29 is 28.6 Å². The number of hydrogen-bond acceptors (Lipinski definition) is 6. The quantitative estimate of drug-likeness (QED) is 0.598. The Morgan fingerprint density at radius 1 is 1.11 bits per heavy atom. The van der Waals surface area contributed by atoms with Crippen molar-refractivity contribution in [3.63, 3.8) is 0 Å². The molecule has 38 heavy (non-hydrogen) atoms. The van der Waals surface area contributed by atoms with Gasteiger partial charge in [0.15, 0.2) is 0 Å². The summed E-state index contributed by atoms with van der Waals surface area (Å²) in [7, 11) is 2.89. The van der Waals surface area contributed by atoms with E-state index in [0.717, 1.165) is 22.3 Å². The highest BCUT2D eigenvalue weighted by Crippen LogP contribution is 2.42. The summed E-state index contributed by atoms with van der Waals surface area (Å²) < 4.78 is 16.6. The van der Waals surface area contributed by atoms with Gasteiger partial charge in [-0.25, -0.2) is 9.59 Å². The molecule has 202 valence electrons. The lowest BCUT2D eigenvalue weighted by Gasteiger charge is -2.35. The summed E-state index contributed by atoms with van der Waals surface area (Å²) in [5.74, 6) is -0.924. The van der Waals surface area contributed by atoms with Crippen LogP contribution in [0.5, 0.6) is 0 Å². The molecule has 0 aliphatic carbocycles. The zero-order valence-electron chi connectivity index (χ0n) is 22.7. The maximum Gasteiger partial charge on any atom is 0.407 e. The highest BCUT2D eigenvalue weighted by atomic mass is 16.5. The number of nitrogens with one attached hydrogen (secondary N) is 1. The number of ether oxygens (including phenoxy) is 3. The minimum absolute atomic E-state index is 0.124. The Hall–Kier alpha value is -3.65. The smallest absolute Gasteiger partial charge is 0.407 e. The molecule has 4 bridgehead atoms. The molecule has 2 amide bonds. The molecular formula is C30H36N2O6. The second-order valence-electron chi connectivity index (χ2n) is 10.8. The molecule has 2 heterocycles. The van der Waals surface area contributed by atoms with Crippen LogP contribution in [0.4, 0.5) is 4.79 Å². The highest BCUT2D eigenvalue weighted by molar-refractivity contribution is 5.91. The van der Waals surface area contributed by atoms with E-state index in [0.29, 0.717) is 6.42 Å². The van der Waals surface area contributed by atoms with Gasteiger partial charge in [-0.2, -0.15) is 0 Å². The van der Waals surface area contributed by atoms with Crippen molar-refractivity contribution in [2.45, 2.75) is 51.3 Å². The number of fused-ring (bicyclic) bond motifs is 5. The lowest BCUT2D eigenvalue weighted by molar-refractivity contribution is -0.152. The Bertz CT molecular complexity index is 1220. The Balaban J connectivity index is 1.86. The molecule has 4 rings (SSSR count). The van der Waals surface area contributed by atoms with Crippen LogP contribution in [0.25, 0.3) is 17.2 Å². The predicted octanol–water partition coefficient (Wildman–Crippen LogP) is 4.53. The summed E-state index contributed by atoms with van der Waals surface area (Å²) in [5, 5.41) is 2.73. The van der Waals surface area contributed by atoms with Crippen LogP contribution in [0.1, 0.15) is 44.7 Å². The second kappa shape index (κ2) is 11.0. The van der Waals surface area contributed by atoms with Crippen molar-refractivity contribution in [1.29, 1.82) is 0 Å². The van der Waals surface area contributed by atoms with Gasteiger partial charge in [0.05, 0.1) is 20.3 Å². The van der Waals surface area contributed by atoms with Crippen LogP contribution < -0.4 is 5.32 Å². The molecule has 1 saturated heterocycles. The van der Waals surface area contributed by atoms with Gasteiger partial charge in [-0.05, 0) is 40.2 Å². The van der Waals surface area contributed by atoms with Crippen molar-refractivity contribution in [2.24, 2.45) is 5.41 Å². The fourth-order valence-corrected chi connectivity index (χ4v) is 5.19. The van der Waals surface area contributed by atoms with Crippen LogP contribution in [0.2, 0.25) is 0 Å². The molecule has 0 radical (unpaired) electrons. The van der Waals surface area contributed by atoms with Crippen LogP contribution in [0, 0.1) is 5.41 Å². The third kappa shape index (κ3) is 5.45. The molecular weight excluding hydrogens is 484 g/mol. The van der Waals surface area contributed by atoms with Crippen molar-refractivity contribution in [3.8, 4) is 11.1 Å². The number of carbonyl (C=O) groups is 3. The lowest BCUT2D eigenvalue weighted by atomic mass is 9.85. The first-order valence-electron chi connectivity index (χ1n) is 12.8. The minimum Gasteiger partial charge on any atom is -0.467 e. The van der Waals surface area contributed by atoms with Gasteiger partial charge in [0.2, 0.25) is 5.91 Å². The number of nitrogens with zero attached hydrogens (tertiary/aromatic N) is 1. The molecule has 1 N–H and O–H groups in total. The van der Waals surface area contributed by atoms with Gasteiger partial charge >= 0.3 is 12.1 Å². The summed E-state index contributed by atoms with van der Waals surface area (Å²) in [6.45, 7) is 5.85. The number of alkyl carbamates (subject to hydrolysis) is 1. The zero-order chi connectivity index (χ0) is 27.5. The molecule has 2 aliphatic rings. The molecule has 2 aromatic rings. The Morgan fingerprint density at radius 2 is 1.84 bits per heavy atom. The van der Waals surface area contributed by atoms with Crippen molar-refractivity contribution in [1.82, 2.24) is 10.2 Å². The summed E-state index contributed by atoms with van der Waals surface area (Å²) in [4.78, 5) is 41.0. The predicted molar refractivity (Wildman–Crippen MR) is 144 cm³/mol. The molecule has 0 saturated carbocycles. The lowest BCUT2D eigenvalue weighted by Crippen LogP contribution is -2.57. The topological polar surface area (TPSA) is 94.2 Å². The maximum absolute atomic E-state index is 14.0. The first kappa shape index (κ1) is 27.4. The van der Waals surface area contributed by atoms with E-state index >= 15 is 0 Å². The van der Waals surface area contributed by atoms with Crippen molar-refractivity contribution in [3.05, 3.63) is 65.7 Å². The third-order valence-electron chi connectivity index (χ3n) is 7.32. The Kier molecular flexibility index (Phi) is 7.92. The van der Waals surface area contributed by atoms with Gasteiger partial charge in [0, 0.05) is 13.5 Å². The molecule has 0 unspecified atom stereocenters. The summed E-state index contributed by atoms with van der Waals surface area (Å²) >= 11 is 0. The standard InChI is InChI=1S/C30H36N2O6/c1-29(2,3)25-26(33)32-19-30(37-5,18-24(32)27(34)36-4)22-14-15-23(20-11-7-6-8-12-20)21(17-22)13-9-10-16-38-28(35)31-25/h6-9,11-15,17,24-25H,10,16,18-19H2,1-5H3,(H,31,35)/b13-9-/t24-,25+,30-/m0/s1. The first-order chi connectivity index (χ1) is 18.1. The van der Waals surface area contributed by atoms with Gasteiger partial charge in [0.1, 0.15) is 17.7 Å². The summed E-state index contributed by atoms with van der Waals surface area (Å²) in [6.07, 6.45) is 4.01. The van der Waals surface area contributed by atoms with Crippen LogP contribution in [-0.2, 0) is 29.4 Å². The number of rotatable bonds is 3. The van der Waals surface area contributed by atoms with Crippen LogP contribution in [0.15, 0.2) is 54.6 Å². The molecule has 0 aromatic heterocycles. The second-order valence-corrected chi connectivity index (χ2v) is 10.8. The summed E-state index contributed by atoms with van der Waals surface area (Å²) in [5.41, 5.74) is 2.30. The largest absolute Gasteiger partial charge is 0.467 e. The number of amides is 2. The van der Waals surface area contributed by atoms with E-state index in [9.17, 15) is 14.4 Å². The molecule has 8 nitrogen and oxygen atoms in total. The van der Waals surface area contributed by atoms with Crippen LogP contribution in [-0.4, -0.2) is 62.3 Å². The SMILES string of the molecule is COC(=O)[C@@H]1C[C@]2(OC)CN1C(=O)[C@H](C(C)(C)C)NC(=O)OCC/C=C\c1cc2ccc1-c1ccccc1. The monoisotopic (exact) mass is 520 g/mol. The number of benzene rings is 2. The van der Waals surface area contributed by atoms with Gasteiger partial charge in [-0.15, -0.1) is 0 Å². The molecule has 0 spiro atoms. The number of methoxy groups -OCH3 is 2. The number of carbonyl (C=O) groups excluding carboxylic acids is 3. The average molecular weight is 521 g/mol.